The molecule has 0 bridgehead atoms. The summed E-state index contributed by atoms with van der Waals surface area (Å²) in [5, 5.41) is 3.32. The molecule has 2 fully saturated rings. The van der Waals surface area contributed by atoms with Gasteiger partial charge in [-0.1, -0.05) is 6.92 Å². The van der Waals surface area contributed by atoms with E-state index in [4.69, 9.17) is 4.74 Å². The minimum Gasteiger partial charge on any atom is -0.377 e. The second kappa shape index (κ2) is 5.36. The number of carbonyl (C=O) groups is 1. The molecule has 0 aromatic carbocycles. The molecule has 4 heteroatoms. The zero-order chi connectivity index (χ0) is 12.3. The average Bonchev–Trinajstić information content (AvgIpc) is 2.54. The molecule has 1 unspecified atom stereocenters. The first-order chi connectivity index (χ1) is 8.12. The lowest BCUT2D eigenvalue weighted by Crippen LogP contribution is -2.49. The fraction of sp³-hybridized carbons (Fsp3) is 0.923. The minimum atomic E-state index is -0.157. The standard InChI is InChI=1S/C13H24N2O2/c1-11-10-15(8-3-9-17-11)12(16)13(2)4-6-14-7-5-13/h11,14H,3-10H2,1-2H3. The van der Waals surface area contributed by atoms with Crippen molar-refractivity contribution in [1.82, 2.24) is 10.2 Å². The van der Waals surface area contributed by atoms with Gasteiger partial charge < -0.3 is 15.0 Å². The van der Waals surface area contributed by atoms with Gasteiger partial charge in [0.2, 0.25) is 5.91 Å². The van der Waals surface area contributed by atoms with Crippen LogP contribution in [0.4, 0.5) is 0 Å². The van der Waals surface area contributed by atoms with Gasteiger partial charge in [0, 0.05) is 25.1 Å². The van der Waals surface area contributed by atoms with Gasteiger partial charge >= 0.3 is 0 Å². The van der Waals surface area contributed by atoms with E-state index in [-0.39, 0.29) is 11.5 Å². The van der Waals surface area contributed by atoms with Crippen LogP contribution in [0.15, 0.2) is 0 Å². The number of rotatable bonds is 1. The molecule has 2 aliphatic rings. The predicted octanol–water partition coefficient (Wildman–Crippen LogP) is 1.01. The van der Waals surface area contributed by atoms with Gasteiger partial charge in [0.1, 0.15) is 0 Å². The lowest BCUT2D eigenvalue weighted by molar-refractivity contribution is -0.143. The number of nitrogens with one attached hydrogen (secondary N) is 1. The van der Waals surface area contributed by atoms with Crippen LogP contribution in [0.1, 0.15) is 33.1 Å². The van der Waals surface area contributed by atoms with Crippen LogP contribution >= 0.6 is 0 Å². The largest absolute Gasteiger partial charge is 0.377 e. The fourth-order valence-corrected chi connectivity index (χ4v) is 2.75. The molecule has 1 atom stereocenters. The van der Waals surface area contributed by atoms with Crippen molar-refractivity contribution in [2.24, 2.45) is 5.41 Å². The van der Waals surface area contributed by atoms with Crippen LogP contribution in [-0.2, 0) is 9.53 Å². The summed E-state index contributed by atoms with van der Waals surface area (Å²) >= 11 is 0. The van der Waals surface area contributed by atoms with E-state index < -0.39 is 0 Å². The maximum atomic E-state index is 12.6. The zero-order valence-corrected chi connectivity index (χ0v) is 11.0. The van der Waals surface area contributed by atoms with E-state index in [9.17, 15) is 4.79 Å². The minimum absolute atomic E-state index is 0.157. The van der Waals surface area contributed by atoms with Gasteiger partial charge in [0.25, 0.3) is 0 Å². The van der Waals surface area contributed by atoms with Crippen molar-refractivity contribution in [3.05, 3.63) is 0 Å². The normalized spacial score (nSPS) is 29.8. The van der Waals surface area contributed by atoms with E-state index in [1.807, 2.05) is 4.90 Å². The molecule has 2 rings (SSSR count). The lowest BCUT2D eigenvalue weighted by Gasteiger charge is -2.37. The molecule has 0 aromatic rings. The molecule has 17 heavy (non-hydrogen) atoms. The van der Waals surface area contributed by atoms with Gasteiger partial charge in [-0.05, 0) is 39.3 Å². The SMILES string of the molecule is CC1CN(C(=O)C2(C)CCNCC2)CCCO1. The molecule has 1 N–H and O–H groups in total. The van der Waals surface area contributed by atoms with Gasteiger partial charge in [-0.3, -0.25) is 4.79 Å². The molecule has 0 radical (unpaired) electrons. The Morgan fingerprint density at radius 3 is 2.82 bits per heavy atom. The fourth-order valence-electron chi connectivity index (χ4n) is 2.75. The van der Waals surface area contributed by atoms with Crippen molar-refractivity contribution in [3.63, 3.8) is 0 Å². The number of hydrogen-bond donors (Lipinski definition) is 1. The summed E-state index contributed by atoms with van der Waals surface area (Å²) in [4.78, 5) is 14.6. The highest BCUT2D eigenvalue weighted by atomic mass is 16.5. The number of ether oxygens (including phenoxy) is 1. The van der Waals surface area contributed by atoms with Gasteiger partial charge in [-0.15, -0.1) is 0 Å². The van der Waals surface area contributed by atoms with Gasteiger partial charge in [-0.25, -0.2) is 0 Å². The Kier molecular flexibility index (Phi) is 4.05. The molecular weight excluding hydrogens is 216 g/mol. The van der Waals surface area contributed by atoms with Crippen LogP contribution < -0.4 is 5.32 Å². The van der Waals surface area contributed by atoms with Crippen LogP contribution in [0.3, 0.4) is 0 Å². The van der Waals surface area contributed by atoms with Gasteiger partial charge in [0.05, 0.1) is 6.10 Å². The van der Waals surface area contributed by atoms with Gasteiger partial charge in [0.15, 0.2) is 0 Å². The van der Waals surface area contributed by atoms with Crippen molar-refractivity contribution < 1.29 is 9.53 Å². The predicted molar refractivity (Wildman–Crippen MR) is 66.8 cm³/mol. The summed E-state index contributed by atoms with van der Waals surface area (Å²) < 4.78 is 5.60. The topological polar surface area (TPSA) is 41.6 Å². The maximum Gasteiger partial charge on any atom is 0.228 e. The number of piperidine rings is 1. The van der Waals surface area contributed by atoms with E-state index in [0.29, 0.717) is 5.91 Å². The third kappa shape index (κ3) is 2.99. The monoisotopic (exact) mass is 240 g/mol. The zero-order valence-electron chi connectivity index (χ0n) is 11.0. The van der Waals surface area contributed by atoms with Crippen LogP contribution in [0.5, 0.6) is 0 Å². The quantitative estimate of drug-likeness (QED) is 0.744. The Morgan fingerprint density at radius 2 is 2.12 bits per heavy atom. The van der Waals surface area contributed by atoms with E-state index in [1.165, 1.54) is 0 Å². The first-order valence-electron chi connectivity index (χ1n) is 6.73. The second-order valence-corrected chi connectivity index (χ2v) is 5.60. The van der Waals surface area contributed by atoms with Crippen molar-refractivity contribution in [2.45, 2.75) is 39.2 Å². The second-order valence-electron chi connectivity index (χ2n) is 5.60. The number of carbonyl (C=O) groups excluding carboxylic acids is 1. The highest BCUT2D eigenvalue weighted by molar-refractivity contribution is 5.82. The first-order valence-corrected chi connectivity index (χ1v) is 6.73. The Labute approximate surface area is 104 Å². The molecule has 0 aromatic heterocycles. The van der Waals surface area contributed by atoms with Gasteiger partial charge in [-0.2, -0.15) is 0 Å². The summed E-state index contributed by atoms with van der Waals surface area (Å²) in [7, 11) is 0. The Bertz CT molecular complexity index is 275. The summed E-state index contributed by atoms with van der Waals surface area (Å²) in [6, 6.07) is 0. The van der Waals surface area contributed by atoms with Crippen molar-refractivity contribution in [3.8, 4) is 0 Å². The molecule has 2 heterocycles. The summed E-state index contributed by atoms with van der Waals surface area (Å²) in [6.45, 7) is 8.48. The van der Waals surface area contributed by atoms with Crippen molar-refractivity contribution >= 4 is 5.91 Å². The van der Waals surface area contributed by atoms with E-state index in [0.717, 1.165) is 52.0 Å². The number of amides is 1. The molecule has 1 amide bonds. The molecule has 2 saturated heterocycles. The lowest BCUT2D eigenvalue weighted by atomic mass is 9.79. The highest BCUT2D eigenvalue weighted by Gasteiger charge is 2.38. The summed E-state index contributed by atoms with van der Waals surface area (Å²) in [5.74, 6) is 0.330. The Morgan fingerprint density at radius 1 is 1.41 bits per heavy atom. The molecule has 2 aliphatic heterocycles. The molecule has 0 spiro atoms. The van der Waals surface area contributed by atoms with Crippen molar-refractivity contribution in [2.75, 3.05) is 32.8 Å². The molecule has 4 nitrogen and oxygen atoms in total. The number of nitrogens with zero attached hydrogens (tertiary/aromatic N) is 1. The third-order valence-corrected chi connectivity index (χ3v) is 3.96. The summed E-state index contributed by atoms with van der Waals surface area (Å²) in [6.07, 6.45) is 3.05. The van der Waals surface area contributed by atoms with Crippen molar-refractivity contribution in [1.29, 1.82) is 0 Å². The van der Waals surface area contributed by atoms with E-state index in [1.54, 1.807) is 0 Å². The molecule has 98 valence electrons. The third-order valence-electron chi connectivity index (χ3n) is 3.96. The molecule has 0 aliphatic carbocycles. The Hall–Kier alpha value is -0.610. The number of hydrogen-bond acceptors (Lipinski definition) is 3. The highest BCUT2D eigenvalue weighted by Crippen LogP contribution is 2.30. The summed E-state index contributed by atoms with van der Waals surface area (Å²) in [5.41, 5.74) is -0.157. The van der Waals surface area contributed by atoms with Crippen LogP contribution in [0.25, 0.3) is 0 Å². The smallest absolute Gasteiger partial charge is 0.228 e. The van der Waals surface area contributed by atoms with E-state index in [2.05, 4.69) is 19.2 Å². The molecule has 0 saturated carbocycles. The Balaban J connectivity index is 2.01. The maximum absolute atomic E-state index is 12.6. The van der Waals surface area contributed by atoms with E-state index >= 15 is 0 Å². The molecular formula is C13H24N2O2. The average molecular weight is 240 g/mol. The van der Waals surface area contributed by atoms with Crippen LogP contribution in [0, 0.1) is 5.41 Å². The van der Waals surface area contributed by atoms with Crippen LogP contribution in [0.2, 0.25) is 0 Å². The first kappa shape index (κ1) is 12.8. The van der Waals surface area contributed by atoms with Crippen LogP contribution in [-0.4, -0.2) is 49.7 Å².